The molecular formula is C15H16N6O4S2. The molecule has 142 valence electrons. The van der Waals surface area contributed by atoms with Gasteiger partial charge in [0, 0.05) is 17.2 Å². The van der Waals surface area contributed by atoms with Crippen molar-refractivity contribution in [2.24, 2.45) is 5.73 Å². The van der Waals surface area contributed by atoms with Crippen LogP contribution < -0.4 is 5.73 Å². The number of amides is 1. The van der Waals surface area contributed by atoms with E-state index in [2.05, 4.69) is 15.1 Å². The summed E-state index contributed by atoms with van der Waals surface area (Å²) in [4.78, 5) is 33.5. The molecule has 2 aromatic heterocycles. The number of fused-ring (bicyclic) bond motifs is 2. The molecule has 2 atom stereocenters. The second-order valence-corrected chi connectivity index (χ2v) is 8.22. The second kappa shape index (κ2) is 6.78. The standard InChI is InChI=1S/C15H16N6O4S2/c1-6-2-9(21-15(17-6)18-8(3-22)19-21)26-4-7-5-27-13-10(16)12(23)20(13)11(7)14(24)25/h2,10,13,22H,3-5,16H2,1H3,(H,24,25)/t10?,13-/m1/s1. The van der Waals surface area contributed by atoms with Crippen molar-refractivity contribution in [3.05, 3.63) is 28.9 Å². The highest BCUT2D eigenvalue weighted by Crippen LogP contribution is 2.40. The Kier molecular flexibility index (Phi) is 4.58. The number of rotatable bonds is 5. The first kappa shape index (κ1) is 18.2. The minimum atomic E-state index is -1.13. The number of nitrogens with zero attached hydrogens (tertiary/aromatic N) is 5. The van der Waals surface area contributed by atoms with E-state index in [0.29, 0.717) is 22.9 Å². The number of hydrogen-bond acceptors (Lipinski definition) is 9. The van der Waals surface area contributed by atoms with Crippen LogP contribution in [0.3, 0.4) is 0 Å². The van der Waals surface area contributed by atoms with Gasteiger partial charge in [-0.2, -0.15) is 9.50 Å². The number of hydrogen-bond donors (Lipinski definition) is 3. The van der Waals surface area contributed by atoms with Gasteiger partial charge >= 0.3 is 5.97 Å². The molecular weight excluding hydrogens is 392 g/mol. The van der Waals surface area contributed by atoms with Gasteiger partial charge in [0.25, 0.3) is 5.78 Å². The van der Waals surface area contributed by atoms with E-state index in [0.717, 1.165) is 10.7 Å². The van der Waals surface area contributed by atoms with Gasteiger partial charge in [-0.15, -0.1) is 28.6 Å². The summed E-state index contributed by atoms with van der Waals surface area (Å²) >= 11 is 2.85. The molecule has 2 aromatic rings. The second-order valence-electron chi connectivity index (χ2n) is 6.12. The first-order valence-electron chi connectivity index (χ1n) is 8.03. The van der Waals surface area contributed by atoms with Gasteiger partial charge in [-0.05, 0) is 18.6 Å². The quantitative estimate of drug-likeness (QED) is 0.339. The Morgan fingerprint density at radius 2 is 2.26 bits per heavy atom. The molecule has 1 unspecified atom stereocenters. The highest BCUT2D eigenvalue weighted by Gasteiger charge is 2.51. The summed E-state index contributed by atoms with van der Waals surface area (Å²) in [5, 5.41) is 23.5. The van der Waals surface area contributed by atoms with E-state index < -0.39 is 12.0 Å². The molecule has 27 heavy (non-hydrogen) atoms. The van der Waals surface area contributed by atoms with Crippen LogP contribution in [-0.4, -0.2) is 69.5 Å². The third kappa shape index (κ3) is 2.98. The molecule has 4 N–H and O–H groups in total. The highest BCUT2D eigenvalue weighted by molar-refractivity contribution is 8.01. The number of carbonyl (C=O) groups excluding carboxylic acids is 1. The monoisotopic (exact) mass is 408 g/mol. The fourth-order valence-electron chi connectivity index (χ4n) is 3.02. The van der Waals surface area contributed by atoms with Crippen LogP contribution in [0.1, 0.15) is 11.5 Å². The van der Waals surface area contributed by atoms with E-state index in [1.165, 1.54) is 32.9 Å². The van der Waals surface area contributed by atoms with E-state index >= 15 is 0 Å². The van der Waals surface area contributed by atoms with Crippen LogP contribution in [0, 0.1) is 6.92 Å². The third-order valence-electron chi connectivity index (χ3n) is 4.28. The summed E-state index contributed by atoms with van der Waals surface area (Å²) in [6, 6.07) is 1.17. The van der Waals surface area contributed by atoms with Crippen LogP contribution >= 0.6 is 23.5 Å². The smallest absolute Gasteiger partial charge is 0.352 e. The van der Waals surface area contributed by atoms with Crippen molar-refractivity contribution in [3.63, 3.8) is 0 Å². The number of aliphatic hydroxyl groups excluding tert-OH is 1. The van der Waals surface area contributed by atoms with Gasteiger partial charge in [-0.3, -0.25) is 9.69 Å². The number of nitrogens with two attached hydrogens (primary N) is 1. The van der Waals surface area contributed by atoms with Gasteiger partial charge < -0.3 is 15.9 Å². The van der Waals surface area contributed by atoms with E-state index in [1.54, 1.807) is 0 Å². The SMILES string of the molecule is Cc1cc(SCC2=C(C(=O)O)N3C(=O)C(N)[C@H]3SC2)n2nc(CO)nc2n1. The molecule has 0 aromatic carbocycles. The van der Waals surface area contributed by atoms with E-state index in [4.69, 9.17) is 5.73 Å². The summed E-state index contributed by atoms with van der Waals surface area (Å²) in [5.41, 5.74) is 7.17. The average molecular weight is 408 g/mol. The van der Waals surface area contributed by atoms with Gasteiger partial charge in [-0.1, -0.05) is 0 Å². The summed E-state index contributed by atoms with van der Waals surface area (Å²) < 4.78 is 1.52. The maximum absolute atomic E-state index is 12.0. The van der Waals surface area contributed by atoms with Crippen LogP contribution in [-0.2, 0) is 16.2 Å². The van der Waals surface area contributed by atoms with Crippen LogP contribution in [0.15, 0.2) is 22.4 Å². The molecule has 2 aliphatic heterocycles. The van der Waals surface area contributed by atoms with Gasteiger partial charge in [0.15, 0.2) is 5.82 Å². The fourth-order valence-corrected chi connectivity index (χ4v) is 5.50. The van der Waals surface area contributed by atoms with E-state index in [9.17, 15) is 19.8 Å². The van der Waals surface area contributed by atoms with Gasteiger partial charge in [-0.25, -0.2) is 9.78 Å². The number of carboxylic acid groups (broad SMARTS) is 1. The molecule has 12 heteroatoms. The van der Waals surface area contributed by atoms with Crippen molar-refractivity contribution in [2.75, 3.05) is 11.5 Å². The van der Waals surface area contributed by atoms with Gasteiger partial charge in [0.1, 0.15) is 28.7 Å². The van der Waals surface area contributed by atoms with Gasteiger partial charge in [0.05, 0.1) is 0 Å². The lowest BCUT2D eigenvalue weighted by Gasteiger charge is -2.48. The first-order chi connectivity index (χ1) is 12.9. The van der Waals surface area contributed by atoms with Crippen molar-refractivity contribution in [2.45, 2.75) is 30.0 Å². The number of carboxylic acids is 1. The predicted molar refractivity (Wildman–Crippen MR) is 97.9 cm³/mol. The van der Waals surface area contributed by atoms with E-state index in [-0.39, 0.29) is 29.4 Å². The largest absolute Gasteiger partial charge is 0.477 e. The lowest BCUT2D eigenvalue weighted by atomic mass is 10.0. The van der Waals surface area contributed by atoms with Gasteiger partial charge in [0.2, 0.25) is 5.91 Å². The lowest BCUT2D eigenvalue weighted by molar-refractivity contribution is -0.147. The topological polar surface area (TPSA) is 147 Å². The lowest BCUT2D eigenvalue weighted by Crippen LogP contribution is -2.68. The number of aliphatic carboxylic acids is 1. The average Bonchev–Trinajstić information content (AvgIpc) is 3.07. The van der Waals surface area contributed by atoms with Crippen molar-refractivity contribution in [1.29, 1.82) is 0 Å². The third-order valence-corrected chi connectivity index (χ3v) is 6.72. The maximum Gasteiger partial charge on any atom is 0.352 e. The molecule has 1 saturated heterocycles. The molecule has 0 saturated carbocycles. The Balaban J connectivity index is 1.64. The maximum atomic E-state index is 12.0. The highest BCUT2D eigenvalue weighted by atomic mass is 32.2. The molecule has 0 spiro atoms. The summed E-state index contributed by atoms with van der Waals surface area (Å²) in [5.74, 6) is -0.00236. The Hall–Kier alpha value is -2.15. The predicted octanol–water partition coefficient (Wildman–Crippen LogP) is -0.402. The van der Waals surface area contributed by atoms with Crippen LogP contribution in [0.25, 0.3) is 5.78 Å². The van der Waals surface area contributed by atoms with Crippen LogP contribution in [0.4, 0.5) is 0 Å². The minimum Gasteiger partial charge on any atom is -0.477 e. The van der Waals surface area contributed by atoms with Crippen molar-refractivity contribution in [3.8, 4) is 0 Å². The molecule has 1 fully saturated rings. The number of aliphatic hydroxyl groups is 1. The molecule has 0 aliphatic carbocycles. The molecule has 0 radical (unpaired) electrons. The fraction of sp³-hybridized carbons (Fsp3) is 0.400. The molecule has 2 aliphatic rings. The summed E-state index contributed by atoms with van der Waals surface area (Å²) in [6.07, 6.45) is 0. The molecule has 1 amide bonds. The summed E-state index contributed by atoms with van der Waals surface area (Å²) in [6.45, 7) is 1.52. The zero-order valence-corrected chi connectivity index (χ0v) is 15.8. The van der Waals surface area contributed by atoms with Crippen molar-refractivity contribution in [1.82, 2.24) is 24.5 Å². The Labute approximate surface area is 161 Å². The van der Waals surface area contributed by atoms with Crippen LogP contribution in [0.5, 0.6) is 0 Å². The Morgan fingerprint density at radius 1 is 1.48 bits per heavy atom. The van der Waals surface area contributed by atoms with E-state index in [1.807, 2.05) is 13.0 Å². The number of carbonyl (C=O) groups is 2. The van der Waals surface area contributed by atoms with Crippen LogP contribution in [0.2, 0.25) is 0 Å². The zero-order chi connectivity index (χ0) is 19.3. The number of aromatic nitrogens is 4. The minimum absolute atomic E-state index is 0.0228. The molecule has 0 bridgehead atoms. The molecule has 10 nitrogen and oxygen atoms in total. The number of aryl methyl sites for hydroxylation is 1. The number of β-lactam (4-membered cyclic amide) rings is 1. The van der Waals surface area contributed by atoms with Crippen molar-refractivity contribution < 1.29 is 19.8 Å². The Morgan fingerprint density at radius 3 is 2.96 bits per heavy atom. The van der Waals surface area contributed by atoms with Crippen molar-refractivity contribution >= 4 is 41.2 Å². The zero-order valence-electron chi connectivity index (χ0n) is 14.2. The Bertz CT molecular complexity index is 990. The number of thioether (sulfide) groups is 2. The summed E-state index contributed by atoms with van der Waals surface area (Å²) in [7, 11) is 0. The molecule has 4 rings (SSSR count). The first-order valence-corrected chi connectivity index (χ1v) is 10.1. The molecule has 4 heterocycles. The normalized spacial score (nSPS) is 22.2.